The zero-order valence-electron chi connectivity index (χ0n) is 8.64. The molecule has 1 heterocycles. The van der Waals surface area contributed by atoms with Gasteiger partial charge >= 0.3 is 0 Å². The van der Waals surface area contributed by atoms with Gasteiger partial charge in [-0.2, -0.15) is 0 Å². The molecule has 2 heteroatoms. The van der Waals surface area contributed by atoms with Gasteiger partial charge in [0.1, 0.15) is 0 Å². The Hall–Kier alpha value is -0.0800. The number of piperidine rings is 1. The summed E-state index contributed by atoms with van der Waals surface area (Å²) in [5.74, 6) is 0. The van der Waals surface area contributed by atoms with Crippen molar-refractivity contribution in [3.8, 4) is 0 Å². The fourth-order valence-corrected chi connectivity index (χ4v) is 1.70. The third-order valence-corrected chi connectivity index (χ3v) is 2.85. The SMILES string of the molecule is CCC(C)NC1CCN(C)CC1. The van der Waals surface area contributed by atoms with Crippen LogP contribution in [0.3, 0.4) is 0 Å². The molecule has 72 valence electrons. The first-order valence-electron chi connectivity index (χ1n) is 5.17. The lowest BCUT2D eigenvalue weighted by Crippen LogP contribution is -2.44. The predicted molar refractivity (Wildman–Crippen MR) is 53.4 cm³/mol. The normalized spacial score (nSPS) is 24.2. The quantitative estimate of drug-likeness (QED) is 0.690. The monoisotopic (exact) mass is 170 g/mol. The van der Waals surface area contributed by atoms with Gasteiger partial charge in [-0.1, -0.05) is 6.92 Å². The molecule has 0 aromatic carbocycles. The highest BCUT2D eigenvalue weighted by atomic mass is 15.1. The van der Waals surface area contributed by atoms with Gasteiger partial charge in [0.15, 0.2) is 0 Å². The average molecular weight is 170 g/mol. The number of rotatable bonds is 3. The van der Waals surface area contributed by atoms with E-state index in [1.807, 2.05) is 0 Å². The van der Waals surface area contributed by atoms with E-state index in [0.717, 1.165) is 6.04 Å². The molecule has 0 radical (unpaired) electrons. The second kappa shape index (κ2) is 4.83. The molecule has 2 nitrogen and oxygen atoms in total. The van der Waals surface area contributed by atoms with Crippen LogP contribution < -0.4 is 5.32 Å². The van der Waals surface area contributed by atoms with Crippen molar-refractivity contribution in [2.24, 2.45) is 0 Å². The van der Waals surface area contributed by atoms with Gasteiger partial charge in [0.2, 0.25) is 0 Å². The third kappa shape index (κ3) is 3.11. The molecule has 12 heavy (non-hydrogen) atoms. The minimum absolute atomic E-state index is 0.693. The summed E-state index contributed by atoms with van der Waals surface area (Å²) < 4.78 is 0. The molecule has 1 unspecified atom stereocenters. The van der Waals surface area contributed by atoms with E-state index in [0.29, 0.717) is 6.04 Å². The van der Waals surface area contributed by atoms with Gasteiger partial charge in [0, 0.05) is 12.1 Å². The molecule has 0 spiro atoms. The van der Waals surface area contributed by atoms with Gasteiger partial charge in [-0.15, -0.1) is 0 Å². The molecule has 1 rings (SSSR count). The van der Waals surface area contributed by atoms with E-state index in [9.17, 15) is 0 Å². The molecule has 1 aliphatic heterocycles. The molecule has 1 fully saturated rings. The number of nitrogens with zero attached hydrogens (tertiary/aromatic N) is 1. The van der Waals surface area contributed by atoms with Crippen LogP contribution in [0, 0.1) is 0 Å². The summed E-state index contributed by atoms with van der Waals surface area (Å²) >= 11 is 0. The maximum Gasteiger partial charge on any atom is 0.00938 e. The third-order valence-electron chi connectivity index (χ3n) is 2.85. The van der Waals surface area contributed by atoms with Crippen LogP contribution >= 0.6 is 0 Å². The van der Waals surface area contributed by atoms with Crippen LogP contribution in [0.1, 0.15) is 33.1 Å². The highest BCUT2D eigenvalue weighted by molar-refractivity contribution is 4.77. The fraction of sp³-hybridized carbons (Fsp3) is 1.00. The van der Waals surface area contributed by atoms with E-state index in [1.165, 1.54) is 32.4 Å². The van der Waals surface area contributed by atoms with Gasteiger partial charge in [-0.3, -0.25) is 0 Å². The number of hydrogen-bond donors (Lipinski definition) is 1. The first-order valence-corrected chi connectivity index (χ1v) is 5.17. The molecule has 0 saturated carbocycles. The van der Waals surface area contributed by atoms with Gasteiger partial charge in [0.05, 0.1) is 0 Å². The Morgan fingerprint density at radius 2 is 2.00 bits per heavy atom. The first-order chi connectivity index (χ1) is 5.72. The van der Waals surface area contributed by atoms with Crippen molar-refractivity contribution in [2.45, 2.75) is 45.2 Å². The van der Waals surface area contributed by atoms with E-state index >= 15 is 0 Å². The predicted octanol–water partition coefficient (Wildman–Crippen LogP) is 1.47. The van der Waals surface area contributed by atoms with Crippen LogP contribution in [0.2, 0.25) is 0 Å². The van der Waals surface area contributed by atoms with Crippen LogP contribution in [0.5, 0.6) is 0 Å². The smallest absolute Gasteiger partial charge is 0.00938 e. The molecule has 0 aromatic rings. The minimum Gasteiger partial charge on any atom is -0.311 e. The Morgan fingerprint density at radius 1 is 1.42 bits per heavy atom. The molecule has 0 aliphatic carbocycles. The average Bonchev–Trinajstić information content (AvgIpc) is 2.09. The van der Waals surface area contributed by atoms with Crippen molar-refractivity contribution >= 4 is 0 Å². The summed E-state index contributed by atoms with van der Waals surface area (Å²) in [5.41, 5.74) is 0. The summed E-state index contributed by atoms with van der Waals surface area (Å²) in [6.07, 6.45) is 3.88. The van der Waals surface area contributed by atoms with E-state index in [4.69, 9.17) is 0 Å². The number of hydrogen-bond acceptors (Lipinski definition) is 2. The van der Waals surface area contributed by atoms with E-state index in [2.05, 4.69) is 31.1 Å². The number of nitrogens with one attached hydrogen (secondary N) is 1. The summed E-state index contributed by atoms with van der Waals surface area (Å²) in [6, 6.07) is 1.47. The Labute approximate surface area is 76.3 Å². The van der Waals surface area contributed by atoms with E-state index in [-0.39, 0.29) is 0 Å². The van der Waals surface area contributed by atoms with E-state index in [1.54, 1.807) is 0 Å². The van der Waals surface area contributed by atoms with Crippen molar-refractivity contribution in [3.05, 3.63) is 0 Å². The molecule has 1 atom stereocenters. The molecule has 1 N–H and O–H groups in total. The van der Waals surface area contributed by atoms with Crippen LogP contribution in [0.4, 0.5) is 0 Å². The van der Waals surface area contributed by atoms with Crippen molar-refractivity contribution in [3.63, 3.8) is 0 Å². The lowest BCUT2D eigenvalue weighted by molar-refractivity contribution is 0.225. The van der Waals surface area contributed by atoms with Crippen LogP contribution in [0.25, 0.3) is 0 Å². The summed E-state index contributed by atoms with van der Waals surface area (Å²) in [6.45, 7) is 7.03. The topological polar surface area (TPSA) is 15.3 Å². The first kappa shape index (κ1) is 10.0. The van der Waals surface area contributed by atoms with Crippen molar-refractivity contribution in [1.29, 1.82) is 0 Å². The molecule has 1 aliphatic rings. The molecular weight excluding hydrogens is 148 g/mol. The summed E-state index contributed by atoms with van der Waals surface area (Å²) in [4.78, 5) is 2.41. The van der Waals surface area contributed by atoms with Gasteiger partial charge < -0.3 is 10.2 Å². The minimum atomic E-state index is 0.693. The Bertz CT molecular complexity index is 117. The van der Waals surface area contributed by atoms with Gasteiger partial charge in [-0.25, -0.2) is 0 Å². The largest absolute Gasteiger partial charge is 0.311 e. The molecule has 1 saturated heterocycles. The van der Waals surface area contributed by atoms with Crippen LogP contribution in [-0.4, -0.2) is 37.1 Å². The van der Waals surface area contributed by atoms with Gasteiger partial charge in [0.25, 0.3) is 0 Å². The Morgan fingerprint density at radius 3 is 2.50 bits per heavy atom. The van der Waals surface area contributed by atoms with Crippen molar-refractivity contribution in [2.75, 3.05) is 20.1 Å². The highest BCUT2D eigenvalue weighted by Crippen LogP contribution is 2.09. The maximum atomic E-state index is 3.66. The second-order valence-electron chi connectivity index (χ2n) is 4.05. The Balaban J connectivity index is 2.17. The zero-order valence-corrected chi connectivity index (χ0v) is 8.64. The molecule has 0 aromatic heterocycles. The standard InChI is InChI=1S/C10H22N2/c1-4-9(2)11-10-5-7-12(3)8-6-10/h9-11H,4-8H2,1-3H3. The lowest BCUT2D eigenvalue weighted by Gasteiger charge is -2.31. The summed E-state index contributed by atoms with van der Waals surface area (Å²) in [7, 11) is 2.21. The fourth-order valence-electron chi connectivity index (χ4n) is 1.70. The Kier molecular flexibility index (Phi) is 4.02. The van der Waals surface area contributed by atoms with Crippen molar-refractivity contribution < 1.29 is 0 Å². The van der Waals surface area contributed by atoms with Crippen LogP contribution in [0.15, 0.2) is 0 Å². The molecular formula is C10H22N2. The highest BCUT2D eigenvalue weighted by Gasteiger charge is 2.16. The maximum absolute atomic E-state index is 3.66. The molecule has 0 amide bonds. The van der Waals surface area contributed by atoms with Crippen molar-refractivity contribution in [1.82, 2.24) is 10.2 Å². The van der Waals surface area contributed by atoms with E-state index < -0.39 is 0 Å². The lowest BCUT2D eigenvalue weighted by atomic mass is 10.0. The van der Waals surface area contributed by atoms with Gasteiger partial charge in [-0.05, 0) is 46.3 Å². The van der Waals surface area contributed by atoms with Crippen LogP contribution in [-0.2, 0) is 0 Å². The summed E-state index contributed by atoms with van der Waals surface area (Å²) in [5, 5.41) is 3.66. The number of likely N-dealkylation sites (tertiary alicyclic amines) is 1. The second-order valence-corrected chi connectivity index (χ2v) is 4.05. The molecule has 0 bridgehead atoms. The zero-order chi connectivity index (χ0) is 8.97.